The van der Waals surface area contributed by atoms with Gasteiger partial charge in [0, 0.05) is 18.2 Å². The highest BCUT2D eigenvalue weighted by atomic mass is 16.6. The van der Waals surface area contributed by atoms with E-state index in [-0.39, 0.29) is 5.69 Å². The summed E-state index contributed by atoms with van der Waals surface area (Å²) in [6, 6.07) is 6.21. The first-order valence-electron chi connectivity index (χ1n) is 5.50. The highest BCUT2D eigenvalue weighted by Gasteiger charge is 2.09. The van der Waals surface area contributed by atoms with Crippen LogP contribution in [0.3, 0.4) is 0 Å². The third-order valence-electron chi connectivity index (χ3n) is 2.60. The summed E-state index contributed by atoms with van der Waals surface area (Å²) in [6.07, 6.45) is 1.49. The first kappa shape index (κ1) is 11.2. The van der Waals surface area contributed by atoms with Crippen molar-refractivity contribution in [2.75, 3.05) is 5.32 Å². The van der Waals surface area contributed by atoms with Crippen LogP contribution in [0, 0.1) is 10.1 Å². The van der Waals surface area contributed by atoms with Crippen LogP contribution in [0.1, 0.15) is 5.69 Å². The Morgan fingerprint density at radius 3 is 3.05 bits per heavy atom. The summed E-state index contributed by atoms with van der Waals surface area (Å²) < 4.78 is 4.71. The van der Waals surface area contributed by atoms with Crippen molar-refractivity contribution in [1.82, 2.24) is 15.1 Å². The molecule has 8 nitrogen and oxygen atoms in total. The topological polar surface area (TPSA) is 110 Å². The van der Waals surface area contributed by atoms with Crippen molar-refractivity contribution in [3.8, 4) is 0 Å². The molecule has 0 atom stereocenters. The molecule has 0 aliphatic heterocycles. The molecule has 1 aromatic carbocycles. The molecule has 2 N–H and O–H groups in total. The average molecular weight is 259 g/mol. The van der Waals surface area contributed by atoms with Crippen LogP contribution >= 0.6 is 0 Å². The number of nitro benzene ring substituents is 1. The molecule has 96 valence electrons. The molecule has 2 aromatic heterocycles. The fourth-order valence-corrected chi connectivity index (χ4v) is 1.70. The third kappa shape index (κ3) is 2.23. The zero-order valence-electron chi connectivity index (χ0n) is 9.66. The van der Waals surface area contributed by atoms with Crippen LogP contribution in [0.5, 0.6) is 0 Å². The second-order valence-corrected chi connectivity index (χ2v) is 3.89. The van der Waals surface area contributed by atoms with Gasteiger partial charge in [0.05, 0.1) is 22.5 Å². The second kappa shape index (κ2) is 4.41. The molecule has 0 unspecified atom stereocenters. The van der Waals surface area contributed by atoms with Crippen LogP contribution in [-0.2, 0) is 6.54 Å². The summed E-state index contributed by atoms with van der Waals surface area (Å²) in [6.45, 7) is 0.457. The monoisotopic (exact) mass is 259 g/mol. The molecule has 19 heavy (non-hydrogen) atoms. The van der Waals surface area contributed by atoms with Crippen LogP contribution in [-0.4, -0.2) is 20.0 Å². The van der Waals surface area contributed by atoms with Gasteiger partial charge in [-0.2, -0.15) is 0 Å². The Balaban J connectivity index is 1.83. The molecule has 0 aliphatic rings. The lowest BCUT2D eigenvalue weighted by Crippen LogP contribution is -2.00. The summed E-state index contributed by atoms with van der Waals surface area (Å²) in [5.41, 5.74) is 2.04. The molecule has 0 fully saturated rings. The van der Waals surface area contributed by atoms with Gasteiger partial charge in [-0.15, -0.1) is 0 Å². The molecule has 0 saturated heterocycles. The SMILES string of the molecule is O=[N+]([O-])c1ccc2nc(NCc3ccon3)[nH]c2c1. The number of anilines is 1. The lowest BCUT2D eigenvalue weighted by Gasteiger charge is -1.97. The van der Waals surface area contributed by atoms with Gasteiger partial charge in [-0.05, 0) is 6.07 Å². The van der Waals surface area contributed by atoms with Gasteiger partial charge < -0.3 is 14.8 Å². The first-order valence-corrected chi connectivity index (χ1v) is 5.50. The van der Waals surface area contributed by atoms with Gasteiger partial charge in [0.1, 0.15) is 12.0 Å². The molecule has 0 spiro atoms. The van der Waals surface area contributed by atoms with Gasteiger partial charge in [-0.25, -0.2) is 4.98 Å². The van der Waals surface area contributed by atoms with E-state index in [1.54, 1.807) is 12.1 Å². The number of non-ortho nitro benzene ring substituents is 1. The molecule has 8 heteroatoms. The van der Waals surface area contributed by atoms with E-state index in [0.29, 0.717) is 23.5 Å². The Labute approximate surface area is 106 Å². The molecule has 0 saturated carbocycles. The van der Waals surface area contributed by atoms with Gasteiger partial charge >= 0.3 is 0 Å². The number of aromatic amines is 1. The number of rotatable bonds is 4. The summed E-state index contributed by atoms with van der Waals surface area (Å²) in [4.78, 5) is 17.5. The minimum atomic E-state index is -0.442. The van der Waals surface area contributed by atoms with Crippen molar-refractivity contribution < 1.29 is 9.45 Å². The molecule has 0 amide bonds. The number of hydrogen-bond acceptors (Lipinski definition) is 6. The predicted octanol–water partition coefficient (Wildman–Crippen LogP) is 2.07. The largest absolute Gasteiger partial charge is 0.364 e. The normalized spacial score (nSPS) is 10.7. The number of fused-ring (bicyclic) bond motifs is 1. The zero-order valence-corrected chi connectivity index (χ0v) is 9.66. The molecule has 2 heterocycles. The van der Waals surface area contributed by atoms with Gasteiger partial charge in [0.15, 0.2) is 0 Å². The Hall–Kier alpha value is -2.90. The number of nitrogens with zero attached hydrogens (tertiary/aromatic N) is 3. The van der Waals surface area contributed by atoms with Gasteiger partial charge in [-0.1, -0.05) is 5.16 Å². The fraction of sp³-hybridized carbons (Fsp3) is 0.0909. The van der Waals surface area contributed by atoms with Gasteiger partial charge in [0.2, 0.25) is 5.95 Å². The van der Waals surface area contributed by atoms with Crippen LogP contribution < -0.4 is 5.32 Å². The number of hydrogen-bond donors (Lipinski definition) is 2. The standard InChI is InChI=1S/C11H9N5O3/c17-16(18)8-1-2-9-10(5-8)14-11(13-9)12-6-7-3-4-19-15-7/h1-5H,6H2,(H2,12,13,14). The van der Waals surface area contributed by atoms with Crippen molar-refractivity contribution in [1.29, 1.82) is 0 Å². The molecular weight excluding hydrogens is 250 g/mol. The maximum Gasteiger partial charge on any atom is 0.271 e. The fourth-order valence-electron chi connectivity index (χ4n) is 1.70. The number of benzene rings is 1. The van der Waals surface area contributed by atoms with E-state index in [9.17, 15) is 10.1 Å². The summed E-state index contributed by atoms with van der Waals surface area (Å²) in [7, 11) is 0. The van der Waals surface area contributed by atoms with E-state index in [0.717, 1.165) is 5.69 Å². The zero-order chi connectivity index (χ0) is 13.2. The number of H-pyrrole nitrogens is 1. The molecule has 0 bridgehead atoms. The number of aromatic nitrogens is 3. The van der Waals surface area contributed by atoms with Crippen LogP contribution in [0.4, 0.5) is 11.6 Å². The first-order chi connectivity index (χ1) is 9.22. The molecule has 0 aliphatic carbocycles. The minimum absolute atomic E-state index is 0.0270. The van der Waals surface area contributed by atoms with Gasteiger partial charge in [-0.3, -0.25) is 10.1 Å². The summed E-state index contributed by atoms with van der Waals surface area (Å²) in [5.74, 6) is 0.526. The highest BCUT2D eigenvalue weighted by Crippen LogP contribution is 2.20. The maximum atomic E-state index is 10.7. The Bertz CT molecular complexity index is 719. The van der Waals surface area contributed by atoms with Crippen LogP contribution in [0.2, 0.25) is 0 Å². The smallest absolute Gasteiger partial charge is 0.271 e. The molecule has 0 radical (unpaired) electrons. The molecule has 3 rings (SSSR count). The Morgan fingerprint density at radius 1 is 1.42 bits per heavy atom. The Kier molecular flexibility index (Phi) is 2.60. The lowest BCUT2D eigenvalue weighted by atomic mass is 10.3. The summed E-state index contributed by atoms with van der Waals surface area (Å²) >= 11 is 0. The van der Waals surface area contributed by atoms with Crippen molar-refractivity contribution in [3.05, 3.63) is 46.3 Å². The van der Waals surface area contributed by atoms with E-state index in [1.165, 1.54) is 18.4 Å². The van der Waals surface area contributed by atoms with E-state index in [1.807, 2.05) is 0 Å². The molecule has 3 aromatic rings. The number of imidazole rings is 1. The van der Waals surface area contributed by atoms with Crippen molar-refractivity contribution >= 4 is 22.7 Å². The quantitative estimate of drug-likeness (QED) is 0.548. The van der Waals surface area contributed by atoms with E-state index in [4.69, 9.17) is 4.52 Å². The third-order valence-corrected chi connectivity index (χ3v) is 2.60. The van der Waals surface area contributed by atoms with Gasteiger partial charge in [0.25, 0.3) is 5.69 Å². The van der Waals surface area contributed by atoms with Crippen molar-refractivity contribution in [3.63, 3.8) is 0 Å². The second-order valence-electron chi connectivity index (χ2n) is 3.89. The maximum absolute atomic E-state index is 10.7. The Morgan fingerprint density at radius 2 is 2.32 bits per heavy atom. The van der Waals surface area contributed by atoms with E-state index in [2.05, 4.69) is 20.4 Å². The number of nitro groups is 1. The van der Waals surface area contributed by atoms with E-state index < -0.39 is 4.92 Å². The predicted molar refractivity (Wildman–Crippen MR) is 66.6 cm³/mol. The number of nitrogens with one attached hydrogen (secondary N) is 2. The summed E-state index contributed by atoms with van der Waals surface area (Å²) in [5, 5.41) is 17.4. The molecular formula is C11H9N5O3. The van der Waals surface area contributed by atoms with Crippen LogP contribution in [0.15, 0.2) is 35.1 Å². The minimum Gasteiger partial charge on any atom is -0.364 e. The van der Waals surface area contributed by atoms with E-state index >= 15 is 0 Å². The van der Waals surface area contributed by atoms with Crippen molar-refractivity contribution in [2.45, 2.75) is 6.54 Å². The van der Waals surface area contributed by atoms with Crippen LogP contribution in [0.25, 0.3) is 11.0 Å². The lowest BCUT2D eigenvalue weighted by molar-refractivity contribution is -0.384. The average Bonchev–Trinajstić information content (AvgIpc) is 3.04. The highest BCUT2D eigenvalue weighted by molar-refractivity contribution is 5.79. The van der Waals surface area contributed by atoms with Crippen molar-refractivity contribution in [2.24, 2.45) is 0 Å².